The van der Waals surface area contributed by atoms with E-state index in [1.807, 2.05) is 35.9 Å². The van der Waals surface area contributed by atoms with Crippen LogP contribution in [0.15, 0.2) is 42.5 Å². The highest BCUT2D eigenvalue weighted by molar-refractivity contribution is 5.92. The molecule has 0 saturated carbocycles. The lowest BCUT2D eigenvalue weighted by Crippen LogP contribution is -2.00. The molecule has 0 unspecified atom stereocenters. The van der Waals surface area contributed by atoms with Crippen molar-refractivity contribution in [1.29, 1.82) is 0 Å². The van der Waals surface area contributed by atoms with Crippen LogP contribution in [-0.4, -0.2) is 30.6 Å². The Kier molecular flexibility index (Phi) is 2.90. The number of nitrogens with zero attached hydrogens (tertiary/aromatic N) is 3. The number of H-pyrrole nitrogens is 1. The molecular formula is C17H14N4O2. The van der Waals surface area contributed by atoms with Gasteiger partial charge in [-0.1, -0.05) is 12.1 Å². The number of aromatic amines is 1. The van der Waals surface area contributed by atoms with Gasteiger partial charge in [0, 0.05) is 7.05 Å². The third kappa shape index (κ3) is 2.24. The predicted molar refractivity (Wildman–Crippen MR) is 86.6 cm³/mol. The van der Waals surface area contributed by atoms with E-state index in [9.17, 15) is 4.79 Å². The number of rotatable bonds is 3. The number of hydrogen-bond acceptors (Lipinski definition) is 3. The molecule has 6 heteroatoms. The molecule has 114 valence electrons. The van der Waals surface area contributed by atoms with Crippen molar-refractivity contribution in [3.8, 4) is 0 Å². The smallest absolute Gasteiger partial charge is 0.335 e. The van der Waals surface area contributed by atoms with Crippen molar-refractivity contribution in [3.63, 3.8) is 0 Å². The van der Waals surface area contributed by atoms with E-state index in [1.54, 1.807) is 18.2 Å². The van der Waals surface area contributed by atoms with E-state index in [-0.39, 0.29) is 5.56 Å². The fourth-order valence-corrected chi connectivity index (χ4v) is 2.78. The maximum atomic E-state index is 11.1. The molecule has 0 aliphatic rings. The van der Waals surface area contributed by atoms with Crippen molar-refractivity contribution in [3.05, 3.63) is 59.7 Å². The number of hydrogen-bond donors (Lipinski definition) is 2. The van der Waals surface area contributed by atoms with Gasteiger partial charge in [0.05, 0.1) is 34.1 Å². The molecule has 0 amide bonds. The first-order valence-corrected chi connectivity index (χ1v) is 7.24. The number of para-hydroxylation sites is 2. The molecule has 4 aromatic rings. The van der Waals surface area contributed by atoms with Gasteiger partial charge >= 0.3 is 5.97 Å². The molecule has 0 atom stereocenters. The SMILES string of the molecule is Cn1c(Cc2nc3ccccc3[nH]2)nc2cc(C(=O)O)ccc21. The van der Waals surface area contributed by atoms with Gasteiger partial charge in [-0.2, -0.15) is 0 Å². The molecule has 0 bridgehead atoms. The van der Waals surface area contributed by atoms with E-state index in [4.69, 9.17) is 5.11 Å². The number of carboxylic acids is 1. The number of aromatic nitrogens is 4. The summed E-state index contributed by atoms with van der Waals surface area (Å²) in [5.74, 6) is 0.723. The summed E-state index contributed by atoms with van der Waals surface area (Å²) in [5, 5.41) is 9.09. The lowest BCUT2D eigenvalue weighted by Gasteiger charge is -2.00. The van der Waals surface area contributed by atoms with Crippen LogP contribution >= 0.6 is 0 Å². The predicted octanol–water partition coefficient (Wildman–Crippen LogP) is 2.74. The minimum atomic E-state index is -0.948. The molecule has 4 rings (SSSR count). The van der Waals surface area contributed by atoms with Crippen LogP contribution in [0.2, 0.25) is 0 Å². The molecule has 2 aromatic heterocycles. The lowest BCUT2D eigenvalue weighted by atomic mass is 10.2. The Bertz CT molecular complexity index is 1010. The maximum Gasteiger partial charge on any atom is 0.335 e. The molecule has 6 nitrogen and oxygen atoms in total. The van der Waals surface area contributed by atoms with Gasteiger partial charge in [0.15, 0.2) is 0 Å². The van der Waals surface area contributed by atoms with Crippen LogP contribution in [0.5, 0.6) is 0 Å². The second kappa shape index (κ2) is 4.95. The third-order valence-corrected chi connectivity index (χ3v) is 3.98. The summed E-state index contributed by atoms with van der Waals surface area (Å²) in [7, 11) is 1.92. The van der Waals surface area contributed by atoms with Gasteiger partial charge in [0.2, 0.25) is 0 Å². The summed E-state index contributed by atoms with van der Waals surface area (Å²) in [6, 6.07) is 12.8. The second-order valence-corrected chi connectivity index (χ2v) is 5.47. The molecule has 2 N–H and O–H groups in total. The van der Waals surface area contributed by atoms with Crippen LogP contribution in [0.3, 0.4) is 0 Å². The van der Waals surface area contributed by atoms with Crippen molar-refractivity contribution in [2.45, 2.75) is 6.42 Å². The fraction of sp³-hybridized carbons (Fsp3) is 0.118. The minimum absolute atomic E-state index is 0.242. The average molecular weight is 306 g/mol. The van der Waals surface area contributed by atoms with Crippen LogP contribution in [0, 0.1) is 0 Å². The van der Waals surface area contributed by atoms with Gasteiger partial charge in [0.25, 0.3) is 0 Å². The molecular weight excluding hydrogens is 292 g/mol. The van der Waals surface area contributed by atoms with Gasteiger partial charge in [-0.25, -0.2) is 14.8 Å². The summed E-state index contributed by atoms with van der Waals surface area (Å²) in [6.07, 6.45) is 0.558. The molecule has 0 radical (unpaired) electrons. The number of fused-ring (bicyclic) bond motifs is 2. The van der Waals surface area contributed by atoms with Crippen LogP contribution < -0.4 is 0 Å². The standard InChI is InChI=1S/C17H14N4O2/c1-21-14-7-6-10(17(22)23)8-13(14)20-16(21)9-15-18-11-4-2-3-5-12(11)19-15/h2-8H,9H2,1H3,(H,18,19)(H,22,23). The number of aromatic carboxylic acids is 1. The third-order valence-electron chi connectivity index (χ3n) is 3.98. The van der Waals surface area contributed by atoms with Crippen LogP contribution in [0.1, 0.15) is 22.0 Å². The summed E-state index contributed by atoms with van der Waals surface area (Å²) >= 11 is 0. The zero-order valence-corrected chi connectivity index (χ0v) is 12.4. The molecule has 0 fully saturated rings. The first-order valence-electron chi connectivity index (χ1n) is 7.24. The van der Waals surface area contributed by atoms with Crippen molar-refractivity contribution >= 4 is 28.0 Å². The molecule has 0 spiro atoms. The topological polar surface area (TPSA) is 83.8 Å². The Labute approximate surface area is 131 Å². The maximum absolute atomic E-state index is 11.1. The molecule has 0 aliphatic heterocycles. The van der Waals surface area contributed by atoms with Crippen molar-refractivity contribution in [2.75, 3.05) is 0 Å². The van der Waals surface area contributed by atoms with Crippen LogP contribution in [-0.2, 0) is 13.5 Å². The molecule has 23 heavy (non-hydrogen) atoms. The van der Waals surface area contributed by atoms with Crippen LogP contribution in [0.4, 0.5) is 0 Å². The first-order chi connectivity index (χ1) is 11.1. The minimum Gasteiger partial charge on any atom is -0.478 e. The lowest BCUT2D eigenvalue weighted by molar-refractivity contribution is 0.0697. The Morgan fingerprint density at radius 1 is 1.17 bits per heavy atom. The Hall–Kier alpha value is -3.15. The average Bonchev–Trinajstić information content (AvgIpc) is 3.08. The highest BCUT2D eigenvalue weighted by atomic mass is 16.4. The summed E-state index contributed by atoms with van der Waals surface area (Å²) in [5.41, 5.74) is 3.74. The largest absolute Gasteiger partial charge is 0.478 e. The molecule has 2 aromatic carbocycles. The quantitative estimate of drug-likeness (QED) is 0.609. The van der Waals surface area contributed by atoms with E-state index in [0.29, 0.717) is 11.9 Å². The van der Waals surface area contributed by atoms with Gasteiger partial charge in [-0.05, 0) is 30.3 Å². The van der Waals surface area contributed by atoms with Gasteiger partial charge in [-0.3, -0.25) is 0 Å². The number of benzene rings is 2. The molecule has 2 heterocycles. The van der Waals surface area contributed by atoms with E-state index < -0.39 is 5.97 Å². The summed E-state index contributed by atoms with van der Waals surface area (Å²) in [4.78, 5) is 23.5. The Morgan fingerprint density at radius 3 is 2.78 bits per heavy atom. The van der Waals surface area contributed by atoms with Crippen molar-refractivity contribution in [1.82, 2.24) is 19.5 Å². The van der Waals surface area contributed by atoms with Crippen molar-refractivity contribution in [2.24, 2.45) is 7.05 Å². The second-order valence-electron chi connectivity index (χ2n) is 5.47. The number of carbonyl (C=O) groups is 1. The first kappa shape index (κ1) is 13.5. The Morgan fingerprint density at radius 2 is 2.00 bits per heavy atom. The zero-order valence-electron chi connectivity index (χ0n) is 12.4. The number of carboxylic acid groups (broad SMARTS) is 1. The van der Waals surface area contributed by atoms with Gasteiger partial charge in [-0.15, -0.1) is 0 Å². The van der Waals surface area contributed by atoms with E-state index in [2.05, 4.69) is 15.0 Å². The van der Waals surface area contributed by atoms with E-state index in [0.717, 1.165) is 28.2 Å². The van der Waals surface area contributed by atoms with Crippen LogP contribution in [0.25, 0.3) is 22.1 Å². The zero-order chi connectivity index (χ0) is 16.0. The summed E-state index contributed by atoms with van der Waals surface area (Å²) in [6.45, 7) is 0. The van der Waals surface area contributed by atoms with E-state index in [1.165, 1.54) is 0 Å². The highest BCUT2D eigenvalue weighted by Crippen LogP contribution is 2.19. The highest BCUT2D eigenvalue weighted by Gasteiger charge is 2.13. The Balaban J connectivity index is 1.76. The molecule has 0 saturated heterocycles. The summed E-state index contributed by atoms with van der Waals surface area (Å²) < 4.78 is 1.97. The number of aryl methyl sites for hydroxylation is 1. The number of imidazole rings is 2. The number of nitrogens with one attached hydrogen (secondary N) is 1. The van der Waals surface area contributed by atoms with Gasteiger partial charge < -0.3 is 14.7 Å². The van der Waals surface area contributed by atoms with Gasteiger partial charge in [0.1, 0.15) is 11.6 Å². The van der Waals surface area contributed by atoms with E-state index >= 15 is 0 Å². The fourth-order valence-electron chi connectivity index (χ4n) is 2.78. The normalized spacial score (nSPS) is 11.3. The monoisotopic (exact) mass is 306 g/mol. The molecule has 0 aliphatic carbocycles. The van der Waals surface area contributed by atoms with Crippen molar-refractivity contribution < 1.29 is 9.90 Å².